The van der Waals surface area contributed by atoms with Crippen LogP contribution in [0.3, 0.4) is 0 Å². The highest BCUT2D eigenvalue weighted by Crippen LogP contribution is 2.34. The molecule has 2 aliphatic rings. The summed E-state index contributed by atoms with van der Waals surface area (Å²) in [6.45, 7) is 13.5. The first-order valence-electron chi connectivity index (χ1n) is 8.46. The molecule has 1 unspecified atom stereocenters. The highest BCUT2D eigenvalue weighted by atomic mass is 16.3. The minimum atomic E-state index is 0.424. The maximum Gasteiger partial charge on any atom is 0.118 e. The fraction of sp³-hybridized carbons (Fsp3) is 0.778. The Morgan fingerprint density at radius 3 is 2.67 bits per heavy atom. The molecule has 0 bridgehead atoms. The molecule has 3 rings (SSSR count). The minimum absolute atomic E-state index is 0.424. The lowest BCUT2D eigenvalue weighted by molar-refractivity contribution is 0.219. The Hall–Kier alpha value is -0.800. The summed E-state index contributed by atoms with van der Waals surface area (Å²) in [5.41, 5.74) is 1.76. The maximum atomic E-state index is 5.97. The van der Waals surface area contributed by atoms with Gasteiger partial charge >= 0.3 is 0 Å². The van der Waals surface area contributed by atoms with Gasteiger partial charge in [-0.1, -0.05) is 20.8 Å². The fourth-order valence-electron chi connectivity index (χ4n) is 3.29. The van der Waals surface area contributed by atoms with Crippen LogP contribution in [0.25, 0.3) is 0 Å². The van der Waals surface area contributed by atoms with E-state index in [0.717, 1.165) is 36.6 Å². The van der Waals surface area contributed by atoms with E-state index < -0.39 is 0 Å². The largest absolute Gasteiger partial charge is 0.465 e. The SMILES string of the molecule is Cc1oc(CN2CCC(C(C)(C)C)C2)cc1CNC1CC1. The van der Waals surface area contributed by atoms with E-state index in [4.69, 9.17) is 4.42 Å². The number of nitrogens with one attached hydrogen (secondary N) is 1. The molecule has 0 aromatic carbocycles. The van der Waals surface area contributed by atoms with Crippen molar-refractivity contribution >= 4 is 0 Å². The Kier molecular flexibility index (Phi) is 4.15. The molecule has 1 N–H and O–H groups in total. The molecule has 1 aromatic rings. The van der Waals surface area contributed by atoms with Crippen LogP contribution in [-0.2, 0) is 13.1 Å². The fourth-order valence-corrected chi connectivity index (χ4v) is 3.29. The van der Waals surface area contributed by atoms with Gasteiger partial charge in [-0.05, 0) is 50.1 Å². The zero-order chi connectivity index (χ0) is 15.0. The van der Waals surface area contributed by atoms with Gasteiger partial charge < -0.3 is 9.73 Å². The number of aryl methyl sites for hydroxylation is 1. The lowest BCUT2D eigenvalue weighted by atomic mass is 9.80. The molecule has 118 valence electrons. The summed E-state index contributed by atoms with van der Waals surface area (Å²) in [4.78, 5) is 2.55. The summed E-state index contributed by atoms with van der Waals surface area (Å²) in [6.07, 6.45) is 4.00. The van der Waals surface area contributed by atoms with Gasteiger partial charge in [-0.25, -0.2) is 0 Å². The van der Waals surface area contributed by atoms with Gasteiger partial charge in [0.05, 0.1) is 6.54 Å². The van der Waals surface area contributed by atoms with Crippen molar-refractivity contribution in [3.8, 4) is 0 Å². The molecule has 3 nitrogen and oxygen atoms in total. The van der Waals surface area contributed by atoms with Crippen molar-refractivity contribution in [1.29, 1.82) is 0 Å². The van der Waals surface area contributed by atoms with E-state index in [1.807, 2.05) is 0 Å². The Morgan fingerprint density at radius 1 is 1.29 bits per heavy atom. The molecular weight excluding hydrogens is 260 g/mol. The number of likely N-dealkylation sites (tertiary alicyclic amines) is 1. The summed E-state index contributed by atoms with van der Waals surface area (Å²) in [5, 5.41) is 3.57. The highest BCUT2D eigenvalue weighted by molar-refractivity contribution is 5.21. The van der Waals surface area contributed by atoms with Crippen LogP contribution >= 0.6 is 0 Å². The van der Waals surface area contributed by atoms with Gasteiger partial charge in [0.15, 0.2) is 0 Å². The Bertz CT molecular complexity index is 482. The normalized spacial score (nSPS) is 23.9. The number of furan rings is 1. The third-order valence-electron chi connectivity index (χ3n) is 5.11. The second-order valence-electron chi connectivity index (χ2n) is 8.04. The zero-order valence-electron chi connectivity index (χ0n) is 14.0. The van der Waals surface area contributed by atoms with E-state index in [0.29, 0.717) is 5.41 Å². The van der Waals surface area contributed by atoms with Crippen LogP contribution in [0.4, 0.5) is 0 Å². The average molecular weight is 290 g/mol. The van der Waals surface area contributed by atoms with Crippen LogP contribution in [0.5, 0.6) is 0 Å². The zero-order valence-corrected chi connectivity index (χ0v) is 14.0. The van der Waals surface area contributed by atoms with Crippen LogP contribution < -0.4 is 5.32 Å². The average Bonchev–Trinajstić information content (AvgIpc) is 2.98. The van der Waals surface area contributed by atoms with Gasteiger partial charge in [-0.2, -0.15) is 0 Å². The molecule has 0 spiro atoms. The molecule has 21 heavy (non-hydrogen) atoms. The Balaban J connectivity index is 1.54. The highest BCUT2D eigenvalue weighted by Gasteiger charge is 2.32. The molecule has 1 aliphatic carbocycles. The molecule has 1 aromatic heterocycles. The molecule has 1 saturated carbocycles. The van der Waals surface area contributed by atoms with Crippen molar-refractivity contribution in [2.75, 3.05) is 13.1 Å². The lowest BCUT2D eigenvalue weighted by Crippen LogP contribution is -2.25. The van der Waals surface area contributed by atoms with Crippen LogP contribution in [0.15, 0.2) is 10.5 Å². The van der Waals surface area contributed by atoms with E-state index in [2.05, 4.69) is 44.0 Å². The van der Waals surface area contributed by atoms with Crippen molar-refractivity contribution in [2.45, 2.75) is 66.1 Å². The van der Waals surface area contributed by atoms with Crippen molar-refractivity contribution in [3.05, 3.63) is 23.2 Å². The van der Waals surface area contributed by atoms with Gasteiger partial charge in [0.2, 0.25) is 0 Å². The van der Waals surface area contributed by atoms with E-state index in [1.54, 1.807) is 0 Å². The van der Waals surface area contributed by atoms with E-state index in [-0.39, 0.29) is 0 Å². The van der Waals surface area contributed by atoms with Crippen molar-refractivity contribution < 1.29 is 4.42 Å². The summed E-state index contributed by atoms with van der Waals surface area (Å²) in [5.74, 6) is 3.03. The first-order chi connectivity index (χ1) is 9.91. The predicted octanol–water partition coefficient (Wildman–Crippen LogP) is 3.71. The smallest absolute Gasteiger partial charge is 0.118 e. The molecule has 2 heterocycles. The van der Waals surface area contributed by atoms with Crippen molar-refractivity contribution in [2.24, 2.45) is 11.3 Å². The monoisotopic (exact) mass is 290 g/mol. The van der Waals surface area contributed by atoms with Crippen LogP contribution in [-0.4, -0.2) is 24.0 Å². The van der Waals surface area contributed by atoms with Gasteiger partial charge in [-0.15, -0.1) is 0 Å². The minimum Gasteiger partial charge on any atom is -0.465 e. The molecule has 0 amide bonds. The number of hydrogen-bond donors (Lipinski definition) is 1. The predicted molar refractivity (Wildman–Crippen MR) is 86.1 cm³/mol. The van der Waals surface area contributed by atoms with Crippen molar-refractivity contribution in [3.63, 3.8) is 0 Å². The summed E-state index contributed by atoms with van der Waals surface area (Å²) < 4.78 is 5.97. The standard InChI is InChI=1S/C18H30N2O/c1-13-14(10-19-16-5-6-16)9-17(21-13)12-20-8-7-15(11-20)18(2,3)4/h9,15-16,19H,5-8,10-12H2,1-4H3. The third kappa shape index (κ3) is 3.89. The quantitative estimate of drug-likeness (QED) is 0.896. The maximum absolute atomic E-state index is 5.97. The van der Waals surface area contributed by atoms with Gasteiger partial charge in [0.25, 0.3) is 0 Å². The van der Waals surface area contributed by atoms with Gasteiger partial charge in [0.1, 0.15) is 11.5 Å². The molecule has 1 aliphatic heterocycles. The molecule has 0 radical (unpaired) electrons. The van der Waals surface area contributed by atoms with E-state index in [9.17, 15) is 0 Å². The summed E-state index contributed by atoms with van der Waals surface area (Å²) in [7, 11) is 0. The Morgan fingerprint density at radius 2 is 2.05 bits per heavy atom. The van der Waals surface area contributed by atoms with Crippen molar-refractivity contribution in [1.82, 2.24) is 10.2 Å². The summed E-state index contributed by atoms with van der Waals surface area (Å²) >= 11 is 0. The van der Waals surface area contributed by atoms with E-state index >= 15 is 0 Å². The molecule has 1 atom stereocenters. The van der Waals surface area contributed by atoms with Crippen LogP contribution in [0.1, 0.15) is 57.1 Å². The number of nitrogens with zero attached hydrogens (tertiary/aromatic N) is 1. The van der Waals surface area contributed by atoms with Crippen LogP contribution in [0, 0.1) is 18.3 Å². The van der Waals surface area contributed by atoms with Crippen LogP contribution in [0.2, 0.25) is 0 Å². The molecule has 2 fully saturated rings. The lowest BCUT2D eigenvalue weighted by Gasteiger charge is -2.26. The van der Waals surface area contributed by atoms with E-state index in [1.165, 1.54) is 37.9 Å². The second kappa shape index (κ2) is 5.77. The number of hydrogen-bond acceptors (Lipinski definition) is 3. The molecule has 1 saturated heterocycles. The Labute approximate surface area is 129 Å². The number of rotatable bonds is 5. The summed E-state index contributed by atoms with van der Waals surface area (Å²) in [6, 6.07) is 3.02. The van der Waals surface area contributed by atoms with Gasteiger partial charge in [0, 0.05) is 24.7 Å². The topological polar surface area (TPSA) is 28.4 Å². The molecule has 3 heteroatoms. The van der Waals surface area contributed by atoms with Gasteiger partial charge in [-0.3, -0.25) is 4.90 Å². The second-order valence-corrected chi connectivity index (χ2v) is 8.04. The molecular formula is C18H30N2O. The third-order valence-corrected chi connectivity index (χ3v) is 5.11. The first kappa shape index (κ1) is 15.1. The first-order valence-corrected chi connectivity index (χ1v) is 8.46.